The van der Waals surface area contributed by atoms with Crippen LogP contribution in [0.25, 0.3) is 5.69 Å². The van der Waals surface area contributed by atoms with Crippen molar-refractivity contribution in [2.45, 2.75) is 31.8 Å². The van der Waals surface area contributed by atoms with E-state index < -0.39 is 0 Å². The molecule has 1 aromatic carbocycles. The molecule has 0 aliphatic heterocycles. The van der Waals surface area contributed by atoms with Crippen molar-refractivity contribution in [3.8, 4) is 5.69 Å². The van der Waals surface area contributed by atoms with Crippen LogP contribution < -0.4 is 5.32 Å². The molecule has 0 spiro atoms. The van der Waals surface area contributed by atoms with Gasteiger partial charge >= 0.3 is 0 Å². The molecule has 4 nitrogen and oxygen atoms in total. The van der Waals surface area contributed by atoms with E-state index in [0.717, 1.165) is 18.2 Å². The Kier molecular flexibility index (Phi) is 4.36. The maximum atomic E-state index is 5.35. The Labute approximate surface area is 126 Å². The van der Waals surface area contributed by atoms with Gasteiger partial charge in [-0.15, -0.1) is 0 Å². The fourth-order valence-electron chi connectivity index (χ4n) is 2.77. The Bertz CT molecular complexity index is 563. The first-order valence-corrected chi connectivity index (χ1v) is 7.63. The molecule has 0 saturated heterocycles. The summed E-state index contributed by atoms with van der Waals surface area (Å²) in [4.78, 5) is 0. The second-order valence-electron chi connectivity index (χ2n) is 5.83. The zero-order chi connectivity index (χ0) is 14.7. The third kappa shape index (κ3) is 3.52. The van der Waals surface area contributed by atoms with Gasteiger partial charge in [-0.25, -0.2) is 4.68 Å². The Balaban J connectivity index is 1.72. The average molecular weight is 285 g/mol. The minimum atomic E-state index is 0.307. The van der Waals surface area contributed by atoms with E-state index in [4.69, 9.17) is 4.74 Å². The highest BCUT2D eigenvalue weighted by molar-refractivity contribution is 5.36. The smallest absolute Gasteiger partial charge is 0.0648 e. The quantitative estimate of drug-likeness (QED) is 0.850. The predicted molar refractivity (Wildman–Crippen MR) is 83.5 cm³/mol. The number of aromatic nitrogens is 2. The first-order chi connectivity index (χ1) is 10.3. The van der Waals surface area contributed by atoms with E-state index in [2.05, 4.69) is 41.6 Å². The molecule has 112 valence electrons. The molecule has 1 aromatic heterocycles. The van der Waals surface area contributed by atoms with Gasteiger partial charge in [-0.2, -0.15) is 5.10 Å². The third-order valence-electron chi connectivity index (χ3n) is 4.14. The van der Waals surface area contributed by atoms with Crippen molar-refractivity contribution in [2.75, 3.05) is 13.7 Å². The molecule has 0 radical (unpaired) electrons. The largest absolute Gasteiger partial charge is 0.383 e. The number of rotatable bonds is 7. The van der Waals surface area contributed by atoms with Gasteiger partial charge in [-0.05, 0) is 49.4 Å². The first kappa shape index (κ1) is 14.3. The van der Waals surface area contributed by atoms with Crippen LogP contribution in [0.5, 0.6) is 0 Å². The molecule has 1 aliphatic carbocycles. The van der Waals surface area contributed by atoms with Crippen molar-refractivity contribution in [1.29, 1.82) is 0 Å². The minimum absolute atomic E-state index is 0.307. The summed E-state index contributed by atoms with van der Waals surface area (Å²) in [5.74, 6) is 0.779. The molecule has 0 unspecified atom stereocenters. The lowest BCUT2D eigenvalue weighted by Crippen LogP contribution is -2.37. The number of methoxy groups -OCH3 is 1. The summed E-state index contributed by atoms with van der Waals surface area (Å²) < 4.78 is 7.24. The minimum Gasteiger partial charge on any atom is -0.383 e. The Hall–Kier alpha value is -1.65. The molecule has 3 rings (SSSR count). The van der Waals surface area contributed by atoms with Crippen LogP contribution in [0.15, 0.2) is 42.7 Å². The van der Waals surface area contributed by atoms with E-state index in [0.29, 0.717) is 12.1 Å². The van der Waals surface area contributed by atoms with Crippen molar-refractivity contribution in [1.82, 2.24) is 15.1 Å². The molecule has 4 heteroatoms. The van der Waals surface area contributed by atoms with Crippen LogP contribution in [-0.4, -0.2) is 29.5 Å². The van der Waals surface area contributed by atoms with Gasteiger partial charge < -0.3 is 10.1 Å². The van der Waals surface area contributed by atoms with Gasteiger partial charge in [-0.3, -0.25) is 0 Å². The van der Waals surface area contributed by atoms with Crippen LogP contribution in [-0.2, 0) is 4.74 Å². The molecular weight excluding hydrogens is 262 g/mol. The van der Waals surface area contributed by atoms with Crippen molar-refractivity contribution in [3.05, 3.63) is 48.3 Å². The van der Waals surface area contributed by atoms with Crippen LogP contribution in [0, 0.1) is 5.92 Å². The fourth-order valence-corrected chi connectivity index (χ4v) is 2.77. The monoisotopic (exact) mass is 285 g/mol. The Morgan fingerprint density at radius 2 is 2.24 bits per heavy atom. The SMILES string of the molecule is COC[C@H](N[C@@H](C)c1cccc(-n2cccn2)c1)C1CC1. The number of hydrogen-bond acceptors (Lipinski definition) is 3. The van der Waals surface area contributed by atoms with Crippen molar-refractivity contribution >= 4 is 0 Å². The topological polar surface area (TPSA) is 39.1 Å². The molecule has 2 aromatic rings. The molecular formula is C17H23N3O. The van der Waals surface area contributed by atoms with E-state index in [-0.39, 0.29) is 0 Å². The summed E-state index contributed by atoms with van der Waals surface area (Å²) in [6.45, 7) is 3.00. The zero-order valence-electron chi connectivity index (χ0n) is 12.7. The van der Waals surface area contributed by atoms with Crippen molar-refractivity contribution in [2.24, 2.45) is 5.92 Å². The molecule has 1 heterocycles. The fraction of sp³-hybridized carbons (Fsp3) is 0.471. The maximum Gasteiger partial charge on any atom is 0.0648 e. The molecule has 21 heavy (non-hydrogen) atoms. The lowest BCUT2D eigenvalue weighted by molar-refractivity contribution is 0.152. The molecule has 2 atom stereocenters. The van der Waals surface area contributed by atoms with E-state index in [1.807, 2.05) is 16.9 Å². The van der Waals surface area contributed by atoms with Crippen molar-refractivity contribution < 1.29 is 4.74 Å². The maximum absolute atomic E-state index is 5.35. The number of nitrogens with one attached hydrogen (secondary N) is 1. The molecule has 0 bridgehead atoms. The van der Waals surface area contributed by atoms with Gasteiger partial charge in [0.15, 0.2) is 0 Å². The first-order valence-electron chi connectivity index (χ1n) is 7.63. The van der Waals surface area contributed by atoms with E-state index in [1.54, 1.807) is 13.3 Å². The second kappa shape index (κ2) is 6.41. The Morgan fingerprint density at radius 3 is 2.90 bits per heavy atom. The number of ether oxygens (including phenoxy) is 1. The van der Waals surface area contributed by atoms with Crippen molar-refractivity contribution in [3.63, 3.8) is 0 Å². The number of nitrogens with zero attached hydrogens (tertiary/aromatic N) is 2. The molecule has 1 N–H and O–H groups in total. The van der Waals surface area contributed by atoms with Gasteiger partial charge in [0.25, 0.3) is 0 Å². The third-order valence-corrected chi connectivity index (χ3v) is 4.14. The predicted octanol–water partition coefficient (Wildman–Crippen LogP) is 2.95. The summed E-state index contributed by atoms with van der Waals surface area (Å²) in [5.41, 5.74) is 2.38. The molecule has 1 saturated carbocycles. The van der Waals surface area contributed by atoms with Crippen LogP contribution in [0.3, 0.4) is 0 Å². The van der Waals surface area contributed by atoms with Crippen LogP contribution in [0.4, 0.5) is 0 Å². The highest BCUT2D eigenvalue weighted by atomic mass is 16.5. The van der Waals surface area contributed by atoms with Gasteiger partial charge in [0.2, 0.25) is 0 Å². The van der Waals surface area contributed by atoms with Gasteiger partial charge in [0.05, 0.1) is 12.3 Å². The Morgan fingerprint density at radius 1 is 1.38 bits per heavy atom. The molecule has 1 aliphatic rings. The van der Waals surface area contributed by atoms with E-state index >= 15 is 0 Å². The summed E-state index contributed by atoms with van der Waals surface area (Å²) >= 11 is 0. The van der Waals surface area contributed by atoms with Gasteiger partial charge in [0.1, 0.15) is 0 Å². The molecule has 1 fully saturated rings. The highest BCUT2D eigenvalue weighted by Crippen LogP contribution is 2.34. The van der Waals surface area contributed by atoms with Gasteiger partial charge in [-0.1, -0.05) is 12.1 Å². The average Bonchev–Trinajstić information content (AvgIpc) is 3.21. The number of hydrogen-bond donors (Lipinski definition) is 1. The van der Waals surface area contributed by atoms with Crippen LogP contribution >= 0.6 is 0 Å². The normalized spacial score (nSPS) is 17.6. The van der Waals surface area contributed by atoms with E-state index in [1.165, 1.54) is 18.4 Å². The summed E-state index contributed by atoms with van der Waals surface area (Å²) in [6, 6.07) is 11.2. The van der Waals surface area contributed by atoms with Gasteiger partial charge in [0, 0.05) is 31.6 Å². The lowest BCUT2D eigenvalue weighted by atomic mass is 10.1. The number of benzene rings is 1. The van der Waals surface area contributed by atoms with Crippen LogP contribution in [0.1, 0.15) is 31.4 Å². The van der Waals surface area contributed by atoms with E-state index in [9.17, 15) is 0 Å². The highest BCUT2D eigenvalue weighted by Gasteiger charge is 2.31. The lowest BCUT2D eigenvalue weighted by Gasteiger charge is -2.23. The summed E-state index contributed by atoms with van der Waals surface area (Å²) in [7, 11) is 1.78. The molecule has 0 amide bonds. The second-order valence-corrected chi connectivity index (χ2v) is 5.83. The summed E-state index contributed by atoms with van der Waals surface area (Å²) in [6.07, 6.45) is 6.41. The zero-order valence-corrected chi connectivity index (χ0v) is 12.7. The summed E-state index contributed by atoms with van der Waals surface area (Å²) in [5, 5.41) is 8.01. The van der Waals surface area contributed by atoms with Crippen LogP contribution in [0.2, 0.25) is 0 Å². The standard InChI is InChI=1S/C17H23N3O/c1-13(19-17(12-21-2)14-7-8-14)15-5-3-6-16(11-15)20-10-4-9-18-20/h3-6,9-11,13-14,17,19H,7-8,12H2,1-2H3/t13-,17-/m0/s1.